The van der Waals surface area contributed by atoms with Crippen LogP contribution in [0.5, 0.6) is 11.5 Å². The molecule has 0 N–H and O–H groups in total. The van der Waals surface area contributed by atoms with Crippen LogP contribution in [0, 0.1) is 10.7 Å². The number of rotatable bonds is 7. The zero-order chi connectivity index (χ0) is 20.2. The molecule has 29 heavy (non-hydrogen) atoms. The van der Waals surface area contributed by atoms with Gasteiger partial charge in [-0.3, -0.25) is 9.30 Å². The van der Waals surface area contributed by atoms with E-state index in [0.717, 1.165) is 54.0 Å². The van der Waals surface area contributed by atoms with E-state index in [-0.39, 0.29) is 0 Å². The van der Waals surface area contributed by atoms with Gasteiger partial charge in [0.25, 0.3) is 0 Å². The molecule has 1 aromatic carbocycles. The van der Waals surface area contributed by atoms with Crippen LogP contribution in [0.2, 0.25) is 0 Å². The number of aryl methyl sites for hydroxylation is 1. The standard InChI is InChI=1S/C22H28N4O2S/c1-27-19-13-18(14-20(15-19)28-2)7-6-17-8-11-24(12-9-17)16-26-22(29)25-10-4-3-5-21(25)23-26/h3-5,10,13-15,17H,6-9,11-12,16H2,1-2H3. The van der Waals surface area contributed by atoms with Crippen molar-refractivity contribution in [1.29, 1.82) is 0 Å². The molecule has 6 nitrogen and oxygen atoms in total. The normalized spacial score (nSPS) is 15.7. The van der Waals surface area contributed by atoms with Gasteiger partial charge in [0.05, 0.1) is 20.9 Å². The van der Waals surface area contributed by atoms with E-state index in [0.29, 0.717) is 0 Å². The molecule has 0 atom stereocenters. The molecule has 4 rings (SSSR count). The Bertz CT molecular complexity index is 999. The Balaban J connectivity index is 1.30. The fourth-order valence-electron chi connectivity index (χ4n) is 4.05. The van der Waals surface area contributed by atoms with Gasteiger partial charge in [-0.2, -0.15) is 5.10 Å². The largest absolute Gasteiger partial charge is 0.497 e. The lowest BCUT2D eigenvalue weighted by Gasteiger charge is -2.31. The summed E-state index contributed by atoms with van der Waals surface area (Å²) >= 11 is 5.57. The Hall–Kier alpha value is -2.38. The van der Waals surface area contributed by atoms with E-state index < -0.39 is 0 Å². The van der Waals surface area contributed by atoms with Gasteiger partial charge in [-0.05, 0) is 73.6 Å². The Labute approximate surface area is 176 Å². The highest BCUT2D eigenvalue weighted by Crippen LogP contribution is 2.27. The van der Waals surface area contributed by atoms with E-state index in [4.69, 9.17) is 21.7 Å². The molecule has 0 amide bonds. The van der Waals surface area contributed by atoms with Crippen LogP contribution in [-0.4, -0.2) is 46.4 Å². The average molecular weight is 413 g/mol. The van der Waals surface area contributed by atoms with E-state index >= 15 is 0 Å². The van der Waals surface area contributed by atoms with Gasteiger partial charge in [-0.1, -0.05) is 6.07 Å². The van der Waals surface area contributed by atoms with Crippen molar-refractivity contribution in [3.8, 4) is 11.5 Å². The molecule has 0 saturated carbocycles. The van der Waals surface area contributed by atoms with E-state index in [1.54, 1.807) is 14.2 Å². The number of nitrogens with zero attached hydrogens (tertiary/aromatic N) is 4. The zero-order valence-electron chi connectivity index (χ0n) is 17.1. The summed E-state index contributed by atoms with van der Waals surface area (Å²) in [5, 5.41) is 4.64. The lowest BCUT2D eigenvalue weighted by molar-refractivity contribution is 0.137. The lowest BCUT2D eigenvalue weighted by atomic mass is 9.90. The maximum Gasteiger partial charge on any atom is 0.203 e. The third kappa shape index (κ3) is 4.62. The van der Waals surface area contributed by atoms with Crippen LogP contribution in [0.1, 0.15) is 24.8 Å². The predicted molar refractivity (Wildman–Crippen MR) is 116 cm³/mol. The van der Waals surface area contributed by atoms with E-state index in [1.807, 2.05) is 39.5 Å². The van der Waals surface area contributed by atoms with Crippen LogP contribution in [0.4, 0.5) is 0 Å². The van der Waals surface area contributed by atoms with Crippen molar-refractivity contribution < 1.29 is 9.47 Å². The molecule has 1 aliphatic rings. The molecule has 0 spiro atoms. The highest BCUT2D eigenvalue weighted by molar-refractivity contribution is 7.71. The van der Waals surface area contributed by atoms with Gasteiger partial charge in [0.1, 0.15) is 11.5 Å². The molecular weight excluding hydrogens is 384 g/mol. The molecule has 7 heteroatoms. The first kappa shape index (κ1) is 19.9. The van der Waals surface area contributed by atoms with Gasteiger partial charge in [0, 0.05) is 25.4 Å². The van der Waals surface area contributed by atoms with Crippen LogP contribution in [0.25, 0.3) is 5.65 Å². The quantitative estimate of drug-likeness (QED) is 0.545. The van der Waals surface area contributed by atoms with Crippen LogP contribution < -0.4 is 9.47 Å². The number of ether oxygens (including phenoxy) is 2. The number of piperidine rings is 1. The number of pyridine rings is 1. The van der Waals surface area contributed by atoms with Gasteiger partial charge >= 0.3 is 0 Å². The van der Waals surface area contributed by atoms with Crippen molar-refractivity contribution in [2.75, 3.05) is 27.3 Å². The summed E-state index contributed by atoms with van der Waals surface area (Å²) in [6.07, 6.45) is 6.64. The first-order valence-corrected chi connectivity index (χ1v) is 10.6. The minimum Gasteiger partial charge on any atom is -0.497 e. The summed E-state index contributed by atoms with van der Waals surface area (Å²) in [6, 6.07) is 12.1. The highest BCUT2D eigenvalue weighted by atomic mass is 32.1. The third-order valence-corrected chi connectivity index (χ3v) is 6.19. The molecule has 1 aliphatic heterocycles. The summed E-state index contributed by atoms with van der Waals surface area (Å²) in [5.41, 5.74) is 2.18. The summed E-state index contributed by atoms with van der Waals surface area (Å²) in [6.45, 7) is 2.93. The van der Waals surface area contributed by atoms with Gasteiger partial charge in [-0.15, -0.1) is 0 Å². The number of hydrogen-bond acceptors (Lipinski definition) is 5. The maximum atomic E-state index is 5.57. The van der Waals surface area contributed by atoms with Gasteiger partial charge in [0.2, 0.25) is 4.77 Å². The van der Waals surface area contributed by atoms with Crippen molar-refractivity contribution in [3.63, 3.8) is 0 Å². The SMILES string of the molecule is COc1cc(CCC2CCN(Cn3nc4ccccn4c3=S)CC2)cc(OC)c1. The fraction of sp³-hybridized carbons (Fsp3) is 0.455. The third-order valence-electron chi connectivity index (χ3n) is 5.78. The topological polar surface area (TPSA) is 43.9 Å². The summed E-state index contributed by atoms with van der Waals surface area (Å²) in [5.74, 6) is 2.47. The van der Waals surface area contributed by atoms with E-state index in [1.165, 1.54) is 24.8 Å². The second-order valence-electron chi connectivity index (χ2n) is 7.67. The average Bonchev–Trinajstić information content (AvgIpc) is 3.08. The second kappa shape index (κ2) is 8.97. The minimum atomic E-state index is 0.748. The minimum absolute atomic E-state index is 0.748. The van der Waals surface area contributed by atoms with E-state index in [9.17, 15) is 0 Å². The zero-order valence-corrected chi connectivity index (χ0v) is 17.9. The molecule has 0 unspecified atom stereocenters. The lowest BCUT2D eigenvalue weighted by Crippen LogP contribution is -2.35. The van der Waals surface area contributed by atoms with Crippen LogP contribution >= 0.6 is 12.2 Å². The van der Waals surface area contributed by atoms with Crippen molar-refractivity contribution in [3.05, 3.63) is 52.9 Å². The van der Waals surface area contributed by atoms with Gasteiger partial charge in [0.15, 0.2) is 5.65 Å². The van der Waals surface area contributed by atoms with Crippen LogP contribution in [-0.2, 0) is 13.1 Å². The highest BCUT2D eigenvalue weighted by Gasteiger charge is 2.20. The fourth-order valence-corrected chi connectivity index (χ4v) is 4.30. The molecule has 1 saturated heterocycles. The van der Waals surface area contributed by atoms with Crippen molar-refractivity contribution in [1.82, 2.24) is 19.1 Å². The molecule has 154 valence electrons. The second-order valence-corrected chi connectivity index (χ2v) is 8.04. The number of benzene rings is 1. The molecule has 3 aromatic rings. The molecular formula is C22H28N4O2S. The van der Waals surface area contributed by atoms with Gasteiger partial charge in [-0.25, -0.2) is 4.68 Å². The monoisotopic (exact) mass is 412 g/mol. The molecule has 1 fully saturated rings. The summed E-state index contributed by atoms with van der Waals surface area (Å²) in [4.78, 5) is 2.45. The number of likely N-dealkylation sites (tertiary alicyclic amines) is 1. The first-order valence-electron chi connectivity index (χ1n) is 10.1. The van der Waals surface area contributed by atoms with Crippen molar-refractivity contribution in [2.45, 2.75) is 32.4 Å². The van der Waals surface area contributed by atoms with Crippen molar-refractivity contribution in [2.24, 2.45) is 5.92 Å². The number of aromatic nitrogens is 3. The molecule has 0 aliphatic carbocycles. The molecule has 3 heterocycles. The summed E-state index contributed by atoms with van der Waals surface area (Å²) < 4.78 is 15.4. The van der Waals surface area contributed by atoms with E-state index in [2.05, 4.69) is 22.1 Å². The van der Waals surface area contributed by atoms with Gasteiger partial charge < -0.3 is 9.47 Å². The van der Waals surface area contributed by atoms with Crippen LogP contribution in [0.15, 0.2) is 42.6 Å². The number of fused-ring (bicyclic) bond motifs is 1. The Kier molecular flexibility index (Phi) is 6.16. The predicted octanol–water partition coefficient (Wildman–Crippen LogP) is 4.18. The maximum absolute atomic E-state index is 5.57. The Morgan fingerprint density at radius 3 is 2.45 bits per heavy atom. The summed E-state index contributed by atoms with van der Waals surface area (Å²) in [7, 11) is 3.40. The smallest absolute Gasteiger partial charge is 0.203 e. The molecule has 2 aromatic heterocycles. The molecule has 0 bridgehead atoms. The number of methoxy groups -OCH3 is 2. The Morgan fingerprint density at radius 2 is 1.79 bits per heavy atom. The number of hydrogen-bond donors (Lipinski definition) is 0. The Morgan fingerprint density at radius 1 is 1.07 bits per heavy atom. The molecule has 0 radical (unpaired) electrons. The van der Waals surface area contributed by atoms with Crippen LogP contribution in [0.3, 0.4) is 0 Å². The first-order chi connectivity index (χ1) is 14.2. The van der Waals surface area contributed by atoms with Crippen molar-refractivity contribution >= 4 is 17.9 Å².